The summed E-state index contributed by atoms with van der Waals surface area (Å²) in [6.07, 6.45) is 6.91. The minimum Gasteiger partial charge on any atom is -0.435 e. The van der Waals surface area contributed by atoms with Crippen LogP contribution in [0, 0.1) is 5.82 Å². The van der Waals surface area contributed by atoms with E-state index in [1.165, 1.54) is 37.8 Å². The Morgan fingerprint density at radius 3 is 1.93 bits per heavy atom. The van der Waals surface area contributed by atoms with Gasteiger partial charge in [0.2, 0.25) is 0 Å². The van der Waals surface area contributed by atoms with Gasteiger partial charge in [0.05, 0.1) is 0 Å². The van der Waals surface area contributed by atoms with E-state index in [0.29, 0.717) is 5.56 Å². The summed E-state index contributed by atoms with van der Waals surface area (Å²) in [5, 5.41) is 0. The predicted molar refractivity (Wildman–Crippen MR) is 116 cm³/mol. The van der Waals surface area contributed by atoms with Crippen molar-refractivity contribution in [2.24, 2.45) is 0 Å². The minimum atomic E-state index is -2.84. The lowest BCUT2D eigenvalue weighted by molar-refractivity contribution is -0.0498. The maximum absolute atomic E-state index is 14.7. The third-order valence-corrected chi connectivity index (χ3v) is 5.21. The fourth-order valence-corrected chi connectivity index (χ4v) is 3.55. The van der Waals surface area contributed by atoms with Crippen LogP contribution in [0.15, 0.2) is 66.7 Å². The molecule has 0 aliphatic heterocycles. The summed E-state index contributed by atoms with van der Waals surface area (Å²) in [6, 6.07) is 19.5. The minimum absolute atomic E-state index is 0.123. The third kappa shape index (κ3) is 6.12. The number of ether oxygens (including phenoxy) is 1. The Labute approximate surface area is 176 Å². The first kappa shape index (κ1) is 21.9. The molecule has 0 aromatic heterocycles. The molecular formula is C26H27F3O. The van der Waals surface area contributed by atoms with Crippen LogP contribution in [0.25, 0.3) is 22.3 Å². The molecule has 0 N–H and O–H groups in total. The van der Waals surface area contributed by atoms with E-state index in [1.807, 2.05) is 36.4 Å². The number of hydrogen-bond acceptors (Lipinski definition) is 1. The van der Waals surface area contributed by atoms with Crippen LogP contribution in [-0.4, -0.2) is 6.61 Å². The van der Waals surface area contributed by atoms with Gasteiger partial charge in [0.1, 0.15) is 11.6 Å². The van der Waals surface area contributed by atoms with Crippen molar-refractivity contribution < 1.29 is 17.9 Å². The highest BCUT2D eigenvalue weighted by atomic mass is 19.3. The van der Waals surface area contributed by atoms with Gasteiger partial charge in [-0.15, -0.1) is 0 Å². The molecule has 1 nitrogen and oxygen atoms in total. The summed E-state index contributed by atoms with van der Waals surface area (Å²) in [6.45, 7) is -0.639. The Kier molecular flexibility index (Phi) is 7.95. The van der Waals surface area contributed by atoms with Gasteiger partial charge in [-0.25, -0.2) is 4.39 Å². The lowest BCUT2D eigenvalue weighted by Gasteiger charge is -2.09. The lowest BCUT2D eigenvalue weighted by Crippen LogP contribution is -2.01. The first-order chi connectivity index (χ1) is 14.6. The van der Waals surface area contributed by atoms with Gasteiger partial charge in [0.25, 0.3) is 0 Å². The third-order valence-electron chi connectivity index (χ3n) is 5.21. The molecule has 0 saturated heterocycles. The molecule has 0 aliphatic carbocycles. The number of rotatable bonds is 10. The van der Waals surface area contributed by atoms with Crippen molar-refractivity contribution in [3.8, 4) is 28.0 Å². The van der Waals surface area contributed by atoms with Gasteiger partial charge in [-0.2, -0.15) is 8.78 Å². The van der Waals surface area contributed by atoms with Gasteiger partial charge >= 0.3 is 6.61 Å². The number of unbranched alkanes of at least 4 members (excludes halogenated alkanes) is 4. The van der Waals surface area contributed by atoms with Crippen molar-refractivity contribution in [2.75, 3.05) is 0 Å². The number of alkyl halides is 2. The Morgan fingerprint density at radius 1 is 0.733 bits per heavy atom. The average Bonchev–Trinajstić information content (AvgIpc) is 2.74. The van der Waals surface area contributed by atoms with Crippen LogP contribution in [0.2, 0.25) is 0 Å². The fourth-order valence-electron chi connectivity index (χ4n) is 3.55. The van der Waals surface area contributed by atoms with Gasteiger partial charge < -0.3 is 4.74 Å². The molecule has 0 heterocycles. The molecule has 158 valence electrons. The Hall–Kier alpha value is -2.75. The second-order valence-electron chi connectivity index (χ2n) is 7.46. The monoisotopic (exact) mass is 412 g/mol. The van der Waals surface area contributed by atoms with Crippen molar-refractivity contribution in [1.82, 2.24) is 0 Å². The molecule has 3 rings (SSSR count). The summed E-state index contributed by atoms with van der Waals surface area (Å²) in [5.41, 5.74) is 4.23. The van der Waals surface area contributed by atoms with E-state index in [-0.39, 0.29) is 11.6 Å². The van der Waals surface area contributed by atoms with E-state index >= 15 is 0 Å². The van der Waals surface area contributed by atoms with Gasteiger partial charge in [0, 0.05) is 5.56 Å². The van der Waals surface area contributed by atoms with Gasteiger partial charge in [-0.05, 0) is 53.3 Å². The molecule has 0 amide bonds. The van der Waals surface area contributed by atoms with E-state index in [4.69, 9.17) is 0 Å². The molecular weight excluding hydrogens is 385 g/mol. The summed E-state index contributed by atoms with van der Waals surface area (Å²) >= 11 is 0. The summed E-state index contributed by atoms with van der Waals surface area (Å²) in [7, 11) is 0. The summed E-state index contributed by atoms with van der Waals surface area (Å²) in [5.74, 6) is -0.0831. The van der Waals surface area contributed by atoms with Crippen LogP contribution in [0.1, 0.15) is 44.6 Å². The molecule has 3 aromatic carbocycles. The van der Waals surface area contributed by atoms with Crippen molar-refractivity contribution in [3.63, 3.8) is 0 Å². The molecule has 3 aromatic rings. The van der Waals surface area contributed by atoms with Gasteiger partial charge in [0.15, 0.2) is 0 Å². The molecule has 4 heteroatoms. The topological polar surface area (TPSA) is 9.23 Å². The molecule has 0 spiro atoms. The van der Waals surface area contributed by atoms with Crippen LogP contribution in [0.3, 0.4) is 0 Å². The summed E-state index contributed by atoms with van der Waals surface area (Å²) < 4.78 is 43.6. The molecule has 0 saturated carbocycles. The highest BCUT2D eigenvalue weighted by Gasteiger charge is 2.08. The molecule has 0 bridgehead atoms. The first-order valence-electron chi connectivity index (χ1n) is 10.5. The maximum atomic E-state index is 14.7. The molecule has 0 unspecified atom stereocenters. The highest BCUT2D eigenvalue weighted by Crippen LogP contribution is 2.28. The second kappa shape index (κ2) is 10.9. The van der Waals surface area contributed by atoms with Crippen LogP contribution in [-0.2, 0) is 6.42 Å². The molecule has 0 atom stereocenters. The smallest absolute Gasteiger partial charge is 0.387 e. The molecule has 0 radical (unpaired) electrons. The summed E-state index contributed by atoms with van der Waals surface area (Å²) in [4.78, 5) is 0. The number of aryl methyl sites for hydroxylation is 1. The quantitative estimate of drug-likeness (QED) is 0.304. The Morgan fingerprint density at radius 2 is 1.33 bits per heavy atom. The normalized spacial score (nSPS) is 11.1. The molecule has 30 heavy (non-hydrogen) atoms. The zero-order valence-electron chi connectivity index (χ0n) is 17.2. The van der Waals surface area contributed by atoms with Crippen LogP contribution in [0.5, 0.6) is 5.75 Å². The number of halogens is 3. The first-order valence-corrected chi connectivity index (χ1v) is 10.5. The van der Waals surface area contributed by atoms with Crippen LogP contribution < -0.4 is 4.74 Å². The van der Waals surface area contributed by atoms with E-state index in [1.54, 1.807) is 18.2 Å². The van der Waals surface area contributed by atoms with Gasteiger partial charge in [-0.3, -0.25) is 0 Å². The molecule has 0 fully saturated rings. The number of hydrogen-bond donors (Lipinski definition) is 0. The van der Waals surface area contributed by atoms with E-state index < -0.39 is 6.61 Å². The second-order valence-corrected chi connectivity index (χ2v) is 7.46. The van der Waals surface area contributed by atoms with Crippen molar-refractivity contribution in [3.05, 3.63) is 78.1 Å². The van der Waals surface area contributed by atoms with Crippen LogP contribution >= 0.6 is 0 Å². The Bertz CT molecular complexity index is 918. The zero-order valence-corrected chi connectivity index (χ0v) is 17.2. The van der Waals surface area contributed by atoms with Gasteiger partial charge in [-0.1, -0.05) is 81.1 Å². The maximum Gasteiger partial charge on any atom is 0.387 e. The highest BCUT2D eigenvalue weighted by molar-refractivity contribution is 5.71. The zero-order chi connectivity index (χ0) is 21.3. The standard InChI is InChI=1S/C26H27F3O/c1-2-3-4-5-6-7-19-8-17-24(25(27)18-19)22-11-9-20(10-12-22)21-13-15-23(16-14-21)30-26(28)29/h8-18,26H,2-7H2,1H3. The van der Waals surface area contributed by atoms with E-state index in [2.05, 4.69) is 11.7 Å². The van der Waals surface area contributed by atoms with E-state index in [9.17, 15) is 13.2 Å². The SMILES string of the molecule is CCCCCCCc1ccc(-c2ccc(-c3ccc(OC(F)F)cc3)cc2)c(F)c1. The van der Waals surface area contributed by atoms with E-state index in [0.717, 1.165) is 35.1 Å². The van der Waals surface area contributed by atoms with Crippen LogP contribution in [0.4, 0.5) is 13.2 Å². The average molecular weight is 412 g/mol. The van der Waals surface area contributed by atoms with Crippen molar-refractivity contribution >= 4 is 0 Å². The number of benzene rings is 3. The van der Waals surface area contributed by atoms with Crippen molar-refractivity contribution in [2.45, 2.75) is 52.1 Å². The fraction of sp³-hybridized carbons (Fsp3) is 0.308. The molecule has 0 aliphatic rings. The lowest BCUT2D eigenvalue weighted by atomic mass is 9.98. The van der Waals surface area contributed by atoms with Crippen molar-refractivity contribution in [1.29, 1.82) is 0 Å². The Balaban J connectivity index is 1.65. The largest absolute Gasteiger partial charge is 0.435 e. The predicted octanol–water partition coefficient (Wildman–Crippen LogP) is 8.27.